The predicted octanol–water partition coefficient (Wildman–Crippen LogP) is 3.96. The first-order chi connectivity index (χ1) is 15.1. The molecule has 0 atom stereocenters. The lowest BCUT2D eigenvalue weighted by atomic mass is 10.1. The number of nitrogens with zero attached hydrogens (tertiary/aromatic N) is 2. The van der Waals surface area contributed by atoms with Gasteiger partial charge in [-0.25, -0.2) is 4.98 Å². The van der Waals surface area contributed by atoms with Crippen molar-refractivity contribution in [2.24, 2.45) is 0 Å². The van der Waals surface area contributed by atoms with E-state index < -0.39 is 0 Å². The minimum absolute atomic E-state index is 0.260. The lowest BCUT2D eigenvalue weighted by molar-refractivity contribution is 0.0947. The summed E-state index contributed by atoms with van der Waals surface area (Å²) in [7, 11) is 4.79. The van der Waals surface area contributed by atoms with Gasteiger partial charge in [0.05, 0.1) is 27.0 Å². The van der Waals surface area contributed by atoms with E-state index in [4.69, 9.17) is 14.2 Å². The Labute approximate surface area is 180 Å². The van der Waals surface area contributed by atoms with Gasteiger partial charge in [0.25, 0.3) is 5.91 Å². The fraction of sp³-hybridized carbons (Fsp3) is 0.167. The summed E-state index contributed by atoms with van der Waals surface area (Å²) in [4.78, 5) is 17.7. The van der Waals surface area contributed by atoms with E-state index in [1.54, 1.807) is 21.3 Å². The zero-order chi connectivity index (χ0) is 21.8. The average molecular weight is 417 g/mol. The summed E-state index contributed by atoms with van der Waals surface area (Å²) in [6.45, 7) is 0.328. The summed E-state index contributed by atoms with van der Waals surface area (Å²) in [6, 6.07) is 18.8. The van der Waals surface area contributed by atoms with Gasteiger partial charge in [-0.2, -0.15) is 0 Å². The number of fused-ring (bicyclic) bond motifs is 1. The van der Waals surface area contributed by atoms with Crippen molar-refractivity contribution in [2.45, 2.75) is 6.54 Å². The Morgan fingerprint density at radius 3 is 2.42 bits per heavy atom. The molecule has 2 heterocycles. The van der Waals surface area contributed by atoms with Crippen LogP contribution in [0.25, 0.3) is 16.9 Å². The largest absolute Gasteiger partial charge is 0.497 e. The van der Waals surface area contributed by atoms with Crippen LogP contribution in [0.15, 0.2) is 66.9 Å². The van der Waals surface area contributed by atoms with E-state index in [9.17, 15) is 4.79 Å². The third-order valence-electron chi connectivity index (χ3n) is 5.01. The molecule has 0 spiro atoms. The van der Waals surface area contributed by atoms with Crippen molar-refractivity contribution in [1.82, 2.24) is 14.7 Å². The third-order valence-corrected chi connectivity index (χ3v) is 5.01. The second kappa shape index (κ2) is 8.79. The number of hydrogen-bond acceptors (Lipinski definition) is 5. The SMILES string of the molecule is COc1ccc(-c2c(C(=O)NCc3ccc(OC)c(OC)c3)nc3ccccn23)cc1. The molecule has 158 valence electrons. The number of benzene rings is 2. The number of carbonyl (C=O) groups is 1. The monoisotopic (exact) mass is 417 g/mol. The molecule has 1 amide bonds. The van der Waals surface area contributed by atoms with Crippen LogP contribution in [0.4, 0.5) is 0 Å². The van der Waals surface area contributed by atoms with Crippen molar-refractivity contribution < 1.29 is 19.0 Å². The van der Waals surface area contributed by atoms with Gasteiger partial charge >= 0.3 is 0 Å². The maximum absolute atomic E-state index is 13.1. The van der Waals surface area contributed by atoms with Crippen molar-refractivity contribution in [2.75, 3.05) is 21.3 Å². The number of imidazole rings is 1. The number of ether oxygens (including phenoxy) is 3. The minimum Gasteiger partial charge on any atom is -0.497 e. The summed E-state index contributed by atoms with van der Waals surface area (Å²) in [5.41, 5.74) is 3.54. The predicted molar refractivity (Wildman–Crippen MR) is 118 cm³/mol. The summed E-state index contributed by atoms with van der Waals surface area (Å²) < 4.78 is 17.8. The molecule has 0 aliphatic rings. The molecule has 2 aromatic heterocycles. The van der Waals surface area contributed by atoms with Crippen LogP contribution in [0, 0.1) is 0 Å². The molecule has 0 aliphatic heterocycles. The van der Waals surface area contributed by atoms with Crippen LogP contribution < -0.4 is 19.5 Å². The number of pyridine rings is 1. The van der Waals surface area contributed by atoms with E-state index in [1.165, 1.54) is 0 Å². The third kappa shape index (κ3) is 4.02. The normalized spacial score (nSPS) is 10.7. The maximum Gasteiger partial charge on any atom is 0.272 e. The summed E-state index contributed by atoms with van der Waals surface area (Å²) in [5.74, 6) is 1.74. The van der Waals surface area contributed by atoms with Crippen LogP contribution in [0.2, 0.25) is 0 Å². The lowest BCUT2D eigenvalue weighted by Crippen LogP contribution is -2.24. The Bertz CT molecular complexity index is 1220. The molecule has 0 radical (unpaired) electrons. The van der Waals surface area contributed by atoms with E-state index in [0.717, 1.165) is 22.6 Å². The van der Waals surface area contributed by atoms with E-state index in [0.29, 0.717) is 29.4 Å². The molecule has 0 fully saturated rings. The van der Waals surface area contributed by atoms with Crippen molar-refractivity contribution in [1.29, 1.82) is 0 Å². The zero-order valence-corrected chi connectivity index (χ0v) is 17.6. The number of nitrogens with one attached hydrogen (secondary N) is 1. The molecule has 4 rings (SSSR count). The van der Waals surface area contributed by atoms with Gasteiger partial charge in [-0.15, -0.1) is 0 Å². The molecule has 1 N–H and O–H groups in total. The standard InChI is InChI=1S/C24H23N3O4/c1-29-18-10-8-17(9-11-18)23-22(26-21-6-4-5-13-27(21)23)24(28)25-15-16-7-12-19(30-2)20(14-16)31-3/h4-14H,15H2,1-3H3,(H,25,28). The highest BCUT2D eigenvalue weighted by molar-refractivity contribution is 5.99. The fourth-order valence-corrected chi connectivity index (χ4v) is 3.44. The zero-order valence-electron chi connectivity index (χ0n) is 17.6. The van der Waals surface area contributed by atoms with Gasteiger partial charge in [-0.05, 0) is 54.1 Å². The van der Waals surface area contributed by atoms with Gasteiger partial charge < -0.3 is 19.5 Å². The van der Waals surface area contributed by atoms with E-state index in [1.807, 2.05) is 71.3 Å². The number of rotatable bonds is 7. The van der Waals surface area contributed by atoms with Gasteiger partial charge in [0.2, 0.25) is 0 Å². The van der Waals surface area contributed by atoms with E-state index >= 15 is 0 Å². The number of carbonyl (C=O) groups excluding carboxylic acids is 1. The van der Waals surface area contributed by atoms with Crippen LogP contribution in [0.5, 0.6) is 17.2 Å². The molecule has 0 bridgehead atoms. The topological polar surface area (TPSA) is 74.1 Å². The van der Waals surface area contributed by atoms with Crippen molar-refractivity contribution >= 4 is 11.6 Å². The van der Waals surface area contributed by atoms with Crippen LogP contribution in [-0.2, 0) is 6.54 Å². The van der Waals surface area contributed by atoms with Crippen molar-refractivity contribution in [3.8, 4) is 28.5 Å². The summed E-state index contributed by atoms with van der Waals surface area (Å²) in [6.07, 6.45) is 1.90. The Balaban J connectivity index is 1.65. The Morgan fingerprint density at radius 1 is 0.935 bits per heavy atom. The lowest BCUT2D eigenvalue weighted by Gasteiger charge is -2.11. The van der Waals surface area contributed by atoms with Crippen LogP contribution in [0.3, 0.4) is 0 Å². The molecular formula is C24H23N3O4. The highest BCUT2D eigenvalue weighted by Crippen LogP contribution is 2.29. The fourth-order valence-electron chi connectivity index (χ4n) is 3.44. The number of methoxy groups -OCH3 is 3. The summed E-state index contributed by atoms with van der Waals surface area (Å²) >= 11 is 0. The molecule has 4 aromatic rings. The molecule has 2 aromatic carbocycles. The van der Waals surface area contributed by atoms with Crippen LogP contribution in [0.1, 0.15) is 16.1 Å². The molecule has 0 unspecified atom stereocenters. The second-order valence-electron chi connectivity index (χ2n) is 6.84. The second-order valence-corrected chi connectivity index (χ2v) is 6.84. The first kappa shape index (κ1) is 20.3. The maximum atomic E-state index is 13.1. The van der Waals surface area contributed by atoms with Gasteiger partial charge in [0.15, 0.2) is 17.2 Å². The van der Waals surface area contributed by atoms with Crippen LogP contribution >= 0.6 is 0 Å². The average Bonchev–Trinajstić information content (AvgIpc) is 3.22. The molecule has 7 nitrogen and oxygen atoms in total. The van der Waals surface area contributed by atoms with E-state index in [-0.39, 0.29) is 5.91 Å². The van der Waals surface area contributed by atoms with Gasteiger partial charge in [-0.3, -0.25) is 9.20 Å². The van der Waals surface area contributed by atoms with Crippen LogP contribution in [-0.4, -0.2) is 36.6 Å². The van der Waals surface area contributed by atoms with Crippen molar-refractivity contribution in [3.05, 3.63) is 78.1 Å². The van der Waals surface area contributed by atoms with E-state index in [2.05, 4.69) is 10.3 Å². The summed E-state index contributed by atoms with van der Waals surface area (Å²) in [5, 5.41) is 2.96. The van der Waals surface area contributed by atoms with Gasteiger partial charge in [0, 0.05) is 18.3 Å². The van der Waals surface area contributed by atoms with Gasteiger partial charge in [0.1, 0.15) is 11.4 Å². The molecule has 7 heteroatoms. The smallest absolute Gasteiger partial charge is 0.272 e. The quantitative estimate of drug-likeness (QED) is 0.493. The number of amides is 1. The minimum atomic E-state index is -0.260. The molecular weight excluding hydrogens is 394 g/mol. The Morgan fingerprint density at radius 2 is 1.71 bits per heavy atom. The number of aromatic nitrogens is 2. The number of hydrogen-bond donors (Lipinski definition) is 1. The highest BCUT2D eigenvalue weighted by Gasteiger charge is 2.20. The van der Waals surface area contributed by atoms with Gasteiger partial charge in [-0.1, -0.05) is 12.1 Å². The molecule has 31 heavy (non-hydrogen) atoms. The molecule has 0 saturated heterocycles. The first-order valence-corrected chi connectivity index (χ1v) is 9.75. The van der Waals surface area contributed by atoms with Crippen molar-refractivity contribution in [3.63, 3.8) is 0 Å². The molecule has 0 saturated carbocycles. The first-order valence-electron chi connectivity index (χ1n) is 9.75. The Kier molecular flexibility index (Phi) is 5.75. The highest BCUT2D eigenvalue weighted by atomic mass is 16.5. The Hall–Kier alpha value is -4.00. The molecule has 0 aliphatic carbocycles.